The number of carbonyl (C=O) groups is 1. The highest BCUT2D eigenvalue weighted by molar-refractivity contribution is 5.91. The first kappa shape index (κ1) is 7.67. The number of rotatable bonds is 2. The largest absolute Gasteiger partial charge is 0.289 e. The molecule has 0 aliphatic carbocycles. The topological polar surface area (TPSA) is 73.9 Å². The smallest absolute Gasteiger partial charge is 0.276 e. The molecule has 1 aromatic rings. The number of hydrazine groups is 1. The Morgan fingerprint density at radius 1 is 1.82 bits per heavy atom. The van der Waals surface area contributed by atoms with E-state index in [1.807, 2.05) is 0 Å². The first-order chi connectivity index (χ1) is 5.25. The Bertz CT molecular complexity index is 231. The molecule has 1 heterocycles. The van der Waals surface area contributed by atoms with Crippen LogP contribution in [-0.4, -0.2) is 40.4 Å². The van der Waals surface area contributed by atoms with Crippen LogP contribution in [0.1, 0.15) is 10.5 Å². The number of hydrogen-bond donors (Lipinski definition) is 2. The number of nitrogens with zero attached hydrogens (tertiary/aromatic N) is 3. The molecule has 1 amide bonds. The summed E-state index contributed by atoms with van der Waals surface area (Å²) in [5, 5.41) is 10.8. The van der Waals surface area contributed by atoms with Gasteiger partial charge in [0.1, 0.15) is 0 Å². The summed E-state index contributed by atoms with van der Waals surface area (Å²) in [6.07, 6.45) is 1.37. The van der Waals surface area contributed by atoms with Crippen LogP contribution >= 0.6 is 0 Å². The average Bonchev–Trinajstić information content (AvgIpc) is 2.53. The molecule has 11 heavy (non-hydrogen) atoms. The third-order valence-electron chi connectivity index (χ3n) is 1.27. The van der Waals surface area contributed by atoms with E-state index in [1.54, 1.807) is 14.1 Å². The predicted molar refractivity (Wildman–Crippen MR) is 37.5 cm³/mol. The van der Waals surface area contributed by atoms with E-state index in [1.165, 1.54) is 11.2 Å². The molecule has 0 unspecified atom stereocenters. The summed E-state index contributed by atoms with van der Waals surface area (Å²) >= 11 is 0. The average molecular weight is 155 g/mol. The van der Waals surface area contributed by atoms with E-state index in [2.05, 4.69) is 20.8 Å². The van der Waals surface area contributed by atoms with Gasteiger partial charge in [-0.1, -0.05) is 0 Å². The Morgan fingerprint density at radius 2 is 2.55 bits per heavy atom. The summed E-state index contributed by atoms with van der Waals surface area (Å²) < 4.78 is 0. The van der Waals surface area contributed by atoms with Crippen LogP contribution in [0, 0.1) is 0 Å². The molecule has 1 rings (SSSR count). The van der Waals surface area contributed by atoms with Crippen molar-refractivity contribution in [2.75, 3.05) is 14.1 Å². The Balaban J connectivity index is 2.70. The molecule has 0 saturated carbocycles. The van der Waals surface area contributed by atoms with Crippen molar-refractivity contribution in [3.05, 3.63) is 11.9 Å². The van der Waals surface area contributed by atoms with Gasteiger partial charge in [0, 0.05) is 14.1 Å². The van der Waals surface area contributed by atoms with Gasteiger partial charge >= 0.3 is 0 Å². The van der Waals surface area contributed by atoms with Gasteiger partial charge < -0.3 is 0 Å². The van der Waals surface area contributed by atoms with Gasteiger partial charge in [0.05, 0.1) is 6.20 Å². The number of H-pyrrole nitrogens is 1. The molecule has 0 fully saturated rings. The summed E-state index contributed by atoms with van der Waals surface area (Å²) in [5.41, 5.74) is 2.95. The van der Waals surface area contributed by atoms with E-state index in [-0.39, 0.29) is 5.91 Å². The second-order valence-corrected chi connectivity index (χ2v) is 1.94. The quantitative estimate of drug-likeness (QED) is 0.538. The maximum absolute atomic E-state index is 11.2. The van der Waals surface area contributed by atoms with E-state index >= 15 is 0 Å². The minimum atomic E-state index is -0.221. The zero-order valence-corrected chi connectivity index (χ0v) is 6.33. The second-order valence-electron chi connectivity index (χ2n) is 1.94. The van der Waals surface area contributed by atoms with Crippen molar-refractivity contribution in [1.29, 1.82) is 0 Å². The third kappa shape index (κ3) is 1.53. The number of aromatic nitrogens is 3. The second kappa shape index (κ2) is 3.11. The summed E-state index contributed by atoms with van der Waals surface area (Å²) in [6, 6.07) is 0. The van der Waals surface area contributed by atoms with Crippen LogP contribution in [0.5, 0.6) is 0 Å². The molecule has 0 aliphatic rings. The number of nitrogens with one attached hydrogen (secondary N) is 2. The van der Waals surface area contributed by atoms with Gasteiger partial charge in [-0.15, -0.1) is 0 Å². The number of aromatic amines is 1. The fraction of sp³-hybridized carbons (Fsp3) is 0.400. The van der Waals surface area contributed by atoms with Crippen molar-refractivity contribution in [2.45, 2.75) is 0 Å². The molecule has 2 N–H and O–H groups in total. The third-order valence-corrected chi connectivity index (χ3v) is 1.27. The molecule has 6 nitrogen and oxygen atoms in total. The Labute approximate surface area is 63.6 Å². The van der Waals surface area contributed by atoms with Crippen molar-refractivity contribution in [2.24, 2.45) is 0 Å². The minimum absolute atomic E-state index is 0.221. The summed E-state index contributed by atoms with van der Waals surface area (Å²) in [4.78, 5) is 11.2. The van der Waals surface area contributed by atoms with Crippen molar-refractivity contribution < 1.29 is 4.79 Å². The van der Waals surface area contributed by atoms with Crippen LogP contribution in [0.15, 0.2) is 6.20 Å². The van der Waals surface area contributed by atoms with Gasteiger partial charge in [-0.2, -0.15) is 15.4 Å². The lowest BCUT2D eigenvalue weighted by molar-refractivity contribution is 0.0729. The minimum Gasteiger partial charge on any atom is -0.276 e. The van der Waals surface area contributed by atoms with Gasteiger partial charge in [-0.25, -0.2) is 5.43 Å². The van der Waals surface area contributed by atoms with E-state index in [9.17, 15) is 4.79 Å². The van der Waals surface area contributed by atoms with E-state index < -0.39 is 0 Å². The molecule has 60 valence electrons. The van der Waals surface area contributed by atoms with Crippen molar-refractivity contribution in [1.82, 2.24) is 25.8 Å². The Hall–Kier alpha value is -1.43. The Morgan fingerprint density at radius 3 is 3.00 bits per heavy atom. The standard InChI is InChI=1S/C5H9N5O/c1-6-10(2)5(11)4-3-7-9-8-4/h3,6H,1-2H3,(H,7,8,9). The summed E-state index contributed by atoms with van der Waals surface area (Å²) in [5.74, 6) is -0.221. The van der Waals surface area contributed by atoms with E-state index in [0.717, 1.165) is 0 Å². The molecule has 6 heteroatoms. The lowest BCUT2D eigenvalue weighted by atomic mass is 10.4. The number of hydrogen-bond acceptors (Lipinski definition) is 4. The van der Waals surface area contributed by atoms with Crippen LogP contribution < -0.4 is 5.43 Å². The maximum atomic E-state index is 11.2. The number of amides is 1. The van der Waals surface area contributed by atoms with Crippen LogP contribution in [0.25, 0.3) is 0 Å². The monoisotopic (exact) mass is 155 g/mol. The molecule has 0 bridgehead atoms. The number of carbonyl (C=O) groups excluding carboxylic acids is 1. The first-order valence-electron chi connectivity index (χ1n) is 3.07. The first-order valence-corrected chi connectivity index (χ1v) is 3.07. The van der Waals surface area contributed by atoms with Crippen LogP contribution in [-0.2, 0) is 0 Å². The molecule has 0 aliphatic heterocycles. The molecular formula is C5H9N5O. The highest BCUT2D eigenvalue weighted by Gasteiger charge is 2.11. The van der Waals surface area contributed by atoms with Gasteiger partial charge in [-0.05, 0) is 0 Å². The lowest BCUT2D eigenvalue weighted by Crippen LogP contribution is -2.36. The van der Waals surface area contributed by atoms with Crippen molar-refractivity contribution in [3.63, 3.8) is 0 Å². The normalized spacial score (nSPS) is 9.64. The lowest BCUT2D eigenvalue weighted by Gasteiger charge is -2.12. The van der Waals surface area contributed by atoms with Crippen molar-refractivity contribution >= 4 is 5.91 Å². The molecular weight excluding hydrogens is 146 g/mol. The van der Waals surface area contributed by atoms with Gasteiger partial charge in [0.25, 0.3) is 5.91 Å². The van der Waals surface area contributed by atoms with Gasteiger partial charge in [-0.3, -0.25) is 9.80 Å². The van der Waals surface area contributed by atoms with E-state index in [4.69, 9.17) is 0 Å². The fourth-order valence-corrected chi connectivity index (χ4v) is 0.578. The molecule has 0 aromatic carbocycles. The van der Waals surface area contributed by atoms with Gasteiger partial charge in [0.2, 0.25) is 0 Å². The maximum Gasteiger partial charge on any atom is 0.289 e. The Kier molecular flexibility index (Phi) is 2.17. The van der Waals surface area contributed by atoms with Gasteiger partial charge in [0.15, 0.2) is 5.69 Å². The van der Waals surface area contributed by atoms with Crippen LogP contribution in [0.3, 0.4) is 0 Å². The highest BCUT2D eigenvalue weighted by atomic mass is 16.2. The molecule has 0 atom stereocenters. The molecule has 0 saturated heterocycles. The predicted octanol–water partition coefficient (Wildman–Crippen LogP) is -0.989. The van der Waals surface area contributed by atoms with Crippen molar-refractivity contribution in [3.8, 4) is 0 Å². The van der Waals surface area contributed by atoms with E-state index in [0.29, 0.717) is 5.69 Å². The SMILES string of the molecule is CNN(C)C(=O)c1cn[nH]n1. The molecule has 1 aromatic heterocycles. The molecule has 0 radical (unpaired) electrons. The zero-order valence-electron chi connectivity index (χ0n) is 6.33. The molecule has 0 spiro atoms. The summed E-state index contributed by atoms with van der Waals surface area (Å²) in [7, 11) is 3.26. The fourth-order valence-electron chi connectivity index (χ4n) is 0.578. The van der Waals surface area contributed by atoms with Crippen LogP contribution in [0.2, 0.25) is 0 Å². The van der Waals surface area contributed by atoms with Crippen LogP contribution in [0.4, 0.5) is 0 Å². The summed E-state index contributed by atoms with van der Waals surface area (Å²) in [6.45, 7) is 0. The highest BCUT2D eigenvalue weighted by Crippen LogP contribution is 1.92. The zero-order chi connectivity index (χ0) is 8.27.